The van der Waals surface area contributed by atoms with Crippen molar-refractivity contribution in [1.29, 1.82) is 0 Å². The number of carbonyl (C=O) groups is 1. The number of rotatable bonds is 9. The van der Waals surface area contributed by atoms with Crippen LogP contribution in [0.2, 0.25) is 0 Å². The molecule has 1 atom stereocenters. The molecule has 15 heavy (non-hydrogen) atoms. The number of unbranched alkanes of at least 4 members (excludes halogenated alkanes) is 1. The summed E-state index contributed by atoms with van der Waals surface area (Å²) in [5.74, 6) is -0.261. The standard InChI is InChI=1S/C12H24O3/c1-4-11(12(13)14)7-5-6-8-15-9-10(2)3/h10-11H,4-9H2,1-3H3,(H,13,14). The molecule has 0 amide bonds. The smallest absolute Gasteiger partial charge is 0.306 e. The van der Waals surface area contributed by atoms with Gasteiger partial charge in [0.2, 0.25) is 0 Å². The van der Waals surface area contributed by atoms with Crippen molar-refractivity contribution < 1.29 is 14.6 Å². The van der Waals surface area contributed by atoms with Gasteiger partial charge in [-0.05, 0) is 25.2 Å². The normalized spacial score (nSPS) is 13.1. The molecule has 0 aromatic rings. The molecule has 0 radical (unpaired) electrons. The maximum atomic E-state index is 10.7. The lowest BCUT2D eigenvalue weighted by molar-refractivity contribution is -0.142. The van der Waals surface area contributed by atoms with Crippen molar-refractivity contribution in [2.45, 2.75) is 46.5 Å². The third-order valence-corrected chi connectivity index (χ3v) is 2.38. The predicted molar refractivity (Wildman–Crippen MR) is 60.9 cm³/mol. The Morgan fingerprint density at radius 2 is 2.00 bits per heavy atom. The zero-order valence-electron chi connectivity index (χ0n) is 10.2. The third kappa shape index (κ3) is 8.43. The molecule has 3 heteroatoms. The lowest BCUT2D eigenvalue weighted by Gasteiger charge is -2.10. The number of hydrogen-bond acceptors (Lipinski definition) is 2. The number of hydrogen-bond donors (Lipinski definition) is 1. The van der Waals surface area contributed by atoms with Crippen molar-refractivity contribution in [2.24, 2.45) is 11.8 Å². The minimum Gasteiger partial charge on any atom is -0.481 e. The molecule has 0 fully saturated rings. The molecule has 0 aromatic carbocycles. The highest BCUT2D eigenvalue weighted by atomic mass is 16.5. The van der Waals surface area contributed by atoms with Crippen LogP contribution in [0, 0.1) is 11.8 Å². The van der Waals surface area contributed by atoms with Crippen LogP contribution in [0.1, 0.15) is 46.5 Å². The maximum absolute atomic E-state index is 10.7. The summed E-state index contributed by atoms with van der Waals surface area (Å²) in [5, 5.41) is 8.82. The van der Waals surface area contributed by atoms with E-state index in [-0.39, 0.29) is 5.92 Å². The van der Waals surface area contributed by atoms with E-state index in [2.05, 4.69) is 13.8 Å². The van der Waals surface area contributed by atoms with Crippen LogP contribution in [0.15, 0.2) is 0 Å². The molecule has 0 aromatic heterocycles. The summed E-state index contributed by atoms with van der Waals surface area (Å²) in [6.45, 7) is 7.73. The number of carboxylic acids is 1. The van der Waals surface area contributed by atoms with Crippen molar-refractivity contribution >= 4 is 5.97 Å². The second-order valence-corrected chi connectivity index (χ2v) is 4.41. The Kier molecular flexibility index (Phi) is 8.38. The Hall–Kier alpha value is -0.570. The fraction of sp³-hybridized carbons (Fsp3) is 0.917. The molecular weight excluding hydrogens is 192 g/mol. The van der Waals surface area contributed by atoms with Crippen molar-refractivity contribution in [3.63, 3.8) is 0 Å². The molecule has 0 heterocycles. The quantitative estimate of drug-likeness (QED) is 0.603. The highest BCUT2D eigenvalue weighted by Crippen LogP contribution is 2.12. The van der Waals surface area contributed by atoms with Crippen molar-refractivity contribution in [3.05, 3.63) is 0 Å². The van der Waals surface area contributed by atoms with Gasteiger partial charge in [0, 0.05) is 13.2 Å². The van der Waals surface area contributed by atoms with E-state index < -0.39 is 5.97 Å². The molecule has 0 aliphatic heterocycles. The van der Waals surface area contributed by atoms with E-state index in [9.17, 15) is 4.79 Å². The van der Waals surface area contributed by atoms with Gasteiger partial charge < -0.3 is 9.84 Å². The molecular formula is C12H24O3. The molecule has 0 saturated carbocycles. The Bertz CT molecular complexity index is 166. The van der Waals surface area contributed by atoms with Gasteiger partial charge in [0.15, 0.2) is 0 Å². The van der Waals surface area contributed by atoms with Gasteiger partial charge in [-0.2, -0.15) is 0 Å². The van der Waals surface area contributed by atoms with Crippen LogP contribution in [0.25, 0.3) is 0 Å². The molecule has 0 aliphatic rings. The predicted octanol–water partition coefficient (Wildman–Crippen LogP) is 2.94. The van der Waals surface area contributed by atoms with Crippen LogP contribution in [-0.2, 0) is 9.53 Å². The maximum Gasteiger partial charge on any atom is 0.306 e. The monoisotopic (exact) mass is 216 g/mol. The average molecular weight is 216 g/mol. The first-order chi connectivity index (χ1) is 7.07. The lowest BCUT2D eigenvalue weighted by Crippen LogP contribution is -2.12. The van der Waals surface area contributed by atoms with Gasteiger partial charge in [-0.3, -0.25) is 4.79 Å². The van der Waals surface area contributed by atoms with Crippen molar-refractivity contribution in [1.82, 2.24) is 0 Å². The van der Waals surface area contributed by atoms with Crippen LogP contribution < -0.4 is 0 Å². The van der Waals surface area contributed by atoms with Crippen LogP contribution in [0.3, 0.4) is 0 Å². The van der Waals surface area contributed by atoms with Crippen molar-refractivity contribution in [2.75, 3.05) is 13.2 Å². The Morgan fingerprint density at radius 1 is 1.33 bits per heavy atom. The highest BCUT2D eigenvalue weighted by Gasteiger charge is 2.13. The van der Waals surface area contributed by atoms with E-state index >= 15 is 0 Å². The van der Waals surface area contributed by atoms with Gasteiger partial charge in [0.1, 0.15) is 0 Å². The van der Waals surface area contributed by atoms with E-state index in [0.29, 0.717) is 5.92 Å². The molecule has 0 spiro atoms. The first kappa shape index (κ1) is 14.4. The van der Waals surface area contributed by atoms with E-state index in [1.807, 2.05) is 6.92 Å². The molecule has 0 aliphatic carbocycles. The highest BCUT2D eigenvalue weighted by molar-refractivity contribution is 5.69. The Morgan fingerprint density at radius 3 is 2.47 bits per heavy atom. The topological polar surface area (TPSA) is 46.5 Å². The summed E-state index contributed by atoms with van der Waals surface area (Å²) < 4.78 is 5.42. The van der Waals surface area contributed by atoms with Gasteiger partial charge in [-0.15, -0.1) is 0 Å². The van der Waals surface area contributed by atoms with Crippen LogP contribution in [0.4, 0.5) is 0 Å². The van der Waals surface area contributed by atoms with Gasteiger partial charge >= 0.3 is 5.97 Å². The van der Waals surface area contributed by atoms with Crippen LogP contribution >= 0.6 is 0 Å². The van der Waals surface area contributed by atoms with Crippen molar-refractivity contribution in [3.8, 4) is 0 Å². The Balaban J connectivity index is 3.33. The minimum absolute atomic E-state index is 0.171. The molecule has 0 bridgehead atoms. The van der Waals surface area contributed by atoms with Gasteiger partial charge in [0.05, 0.1) is 5.92 Å². The van der Waals surface area contributed by atoms with E-state index in [1.54, 1.807) is 0 Å². The second kappa shape index (κ2) is 8.72. The summed E-state index contributed by atoms with van der Waals surface area (Å²) >= 11 is 0. The van der Waals surface area contributed by atoms with Gasteiger partial charge in [-0.1, -0.05) is 27.2 Å². The fourth-order valence-corrected chi connectivity index (χ4v) is 1.42. The summed E-state index contributed by atoms with van der Waals surface area (Å²) in [5.41, 5.74) is 0. The zero-order chi connectivity index (χ0) is 11.7. The largest absolute Gasteiger partial charge is 0.481 e. The minimum atomic E-state index is -0.666. The molecule has 0 rings (SSSR count). The van der Waals surface area contributed by atoms with E-state index in [4.69, 9.17) is 9.84 Å². The summed E-state index contributed by atoms with van der Waals surface area (Å²) in [4.78, 5) is 10.7. The Labute approximate surface area is 92.8 Å². The molecule has 0 saturated heterocycles. The van der Waals surface area contributed by atoms with Gasteiger partial charge in [-0.25, -0.2) is 0 Å². The van der Waals surface area contributed by atoms with Crippen LogP contribution in [-0.4, -0.2) is 24.3 Å². The summed E-state index contributed by atoms with van der Waals surface area (Å²) in [7, 11) is 0. The van der Waals surface area contributed by atoms with E-state index in [1.165, 1.54) is 0 Å². The number of ether oxygens (including phenoxy) is 1. The summed E-state index contributed by atoms with van der Waals surface area (Å²) in [6, 6.07) is 0. The number of carboxylic acid groups (broad SMARTS) is 1. The zero-order valence-corrected chi connectivity index (χ0v) is 10.2. The SMILES string of the molecule is CCC(CCCCOCC(C)C)C(=O)O. The first-order valence-electron chi connectivity index (χ1n) is 5.88. The van der Waals surface area contributed by atoms with Crippen LogP contribution in [0.5, 0.6) is 0 Å². The molecule has 1 unspecified atom stereocenters. The average Bonchev–Trinajstić information content (AvgIpc) is 2.15. The fourth-order valence-electron chi connectivity index (χ4n) is 1.42. The molecule has 90 valence electrons. The second-order valence-electron chi connectivity index (χ2n) is 4.41. The lowest BCUT2D eigenvalue weighted by atomic mass is 10.00. The first-order valence-corrected chi connectivity index (χ1v) is 5.88. The summed E-state index contributed by atoms with van der Waals surface area (Å²) in [6.07, 6.45) is 3.42. The number of aliphatic carboxylic acids is 1. The van der Waals surface area contributed by atoms with E-state index in [0.717, 1.165) is 38.9 Å². The molecule has 3 nitrogen and oxygen atoms in total. The third-order valence-electron chi connectivity index (χ3n) is 2.38. The molecule has 1 N–H and O–H groups in total. The van der Waals surface area contributed by atoms with Gasteiger partial charge in [0.25, 0.3) is 0 Å².